The van der Waals surface area contributed by atoms with Crippen molar-refractivity contribution < 1.29 is 9.47 Å². The Balaban J connectivity index is 2.33. The Hall–Kier alpha value is -0.540. The molecule has 1 aromatic carbocycles. The summed E-state index contributed by atoms with van der Waals surface area (Å²) in [5.41, 5.74) is 1.19. The normalized spacial score (nSPS) is 18.3. The first-order chi connectivity index (χ1) is 7.22. The summed E-state index contributed by atoms with van der Waals surface area (Å²) in [7, 11) is 3.46. The van der Waals surface area contributed by atoms with Crippen molar-refractivity contribution in [2.75, 3.05) is 14.2 Å². The highest BCUT2D eigenvalue weighted by molar-refractivity contribution is 9.10. The molecule has 3 heteroatoms. The molecule has 0 spiro atoms. The molecule has 0 aromatic heterocycles. The Morgan fingerprint density at radius 2 is 2.00 bits per heavy atom. The molecule has 1 aromatic rings. The number of benzene rings is 1. The molecule has 0 unspecified atom stereocenters. The summed E-state index contributed by atoms with van der Waals surface area (Å²) in [5, 5.41) is 0. The molecule has 0 amide bonds. The van der Waals surface area contributed by atoms with Crippen molar-refractivity contribution in [3.63, 3.8) is 0 Å². The Bertz CT molecular complexity index is 353. The molecular formula is C12H15BrO2. The predicted octanol–water partition coefficient (Wildman–Crippen LogP) is 3.48. The summed E-state index contributed by atoms with van der Waals surface area (Å²) in [6.07, 6.45) is 3.47. The van der Waals surface area contributed by atoms with Crippen molar-refractivity contribution in [2.24, 2.45) is 0 Å². The van der Waals surface area contributed by atoms with Gasteiger partial charge in [-0.05, 0) is 52.9 Å². The van der Waals surface area contributed by atoms with Crippen LogP contribution in [0.15, 0.2) is 22.7 Å². The molecular weight excluding hydrogens is 256 g/mol. The third kappa shape index (κ3) is 1.79. The molecule has 1 aliphatic carbocycles. The molecule has 0 radical (unpaired) electrons. The van der Waals surface area contributed by atoms with Crippen molar-refractivity contribution in [3.8, 4) is 5.75 Å². The standard InChI is InChI=1S/C12H15BrO2/c1-14-11-5-4-9(8-10(11)13)12(15-2)6-3-7-12/h4-5,8H,3,6-7H2,1-2H3. The minimum Gasteiger partial charge on any atom is -0.496 e. The second-order valence-electron chi connectivity index (χ2n) is 3.90. The van der Waals surface area contributed by atoms with Gasteiger partial charge in [0, 0.05) is 7.11 Å². The van der Waals surface area contributed by atoms with Crippen LogP contribution in [0.1, 0.15) is 24.8 Å². The zero-order valence-corrected chi connectivity index (χ0v) is 10.6. The number of hydrogen-bond acceptors (Lipinski definition) is 2. The van der Waals surface area contributed by atoms with Crippen LogP contribution >= 0.6 is 15.9 Å². The lowest BCUT2D eigenvalue weighted by atomic mass is 9.75. The molecule has 2 nitrogen and oxygen atoms in total. The SMILES string of the molecule is COc1ccc(C2(OC)CCC2)cc1Br. The minimum absolute atomic E-state index is 0.0468. The topological polar surface area (TPSA) is 18.5 Å². The van der Waals surface area contributed by atoms with Crippen LogP contribution in [0.2, 0.25) is 0 Å². The van der Waals surface area contributed by atoms with Crippen LogP contribution in [-0.2, 0) is 10.3 Å². The molecule has 0 aliphatic heterocycles. The Kier molecular flexibility index (Phi) is 3.03. The fourth-order valence-corrected chi connectivity index (χ4v) is 2.60. The van der Waals surface area contributed by atoms with Gasteiger partial charge in [0.15, 0.2) is 0 Å². The van der Waals surface area contributed by atoms with Crippen LogP contribution in [0, 0.1) is 0 Å². The third-order valence-electron chi connectivity index (χ3n) is 3.23. The van der Waals surface area contributed by atoms with Gasteiger partial charge in [0.05, 0.1) is 17.2 Å². The van der Waals surface area contributed by atoms with E-state index in [1.165, 1.54) is 12.0 Å². The average Bonchev–Trinajstić information content (AvgIpc) is 2.17. The van der Waals surface area contributed by atoms with Crippen LogP contribution < -0.4 is 4.74 Å². The summed E-state index contributed by atoms with van der Waals surface area (Å²) in [5.74, 6) is 0.865. The zero-order valence-electron chi connectivity index (χ0n) is 9.05. The summed E-state index contributed by atoms with van der Waals surface area (Å²) >= 11 is 3.50. The smallest absolute Gasteiger partial charge is 0.133 e. The maximum atomic E-state index is 5.63. The van der Waals surface area contributed by atoms with Crippen molar-refractivity contribution in [1.82, 2.24) is 0 Å². The Morgan fingerprint density at radius 3 is 2.40 bits per heavy atom. The predicted molar refractivity (Wildman–Crippen MR) is 63.2 cm³/mol. The molecule has 0 heterocycles. The van der Waals surface area contributed by atoms with Gasteiger partial charge in [0.1, 0.15) is 5.75 Å². The number of methoxy groups -OCH3 is 2. The molecule has 15 heavy (non-hydrogen) atoms. The van der Waals surface area contributed by atoms with E-state index in [0.717, 1.165) is 23.1 Å². The van der Waals surface area contributed by atoms with E-state index in [1.807, 2.05) is 6.07 Å². The van der Waals surface area contributed by atoms with Gasteiger partial charge in [-0.2, -0.15) is 0 Å². The fraction of sp³-hybridized carbons (Fsp3) is 0.500. The summed E-state index contributed by atoms with van der Waals surface area (Å²) in [6, 6.07) is 6.17. The van der Waals surface area contributed by atoms with Gasteiger partial charge in [0.25, 0.3) is 0 Å². The van der Waals surface area contributed by atoms with Crippen molar-refractivity contribution in [3.05, 3.63) is 28.2 Å². The molecule has 1 saturated carbocycles. The Morgan fingerprint density at radius 1 is 1.27 bits per heavy atom. The van der Waals surface area contributed by atoms with Gasteiger partial charge < -0.3 is 9.47 Å². The Labute approximate surface area is 98.7 Å². The monoisotopic (exact) mass is 270 g/mol. The molecule has 2 rings (SSSR count). The molecule has 1 fully saturated rings. The molecule has 0 saturated heterocycles. The van der Waals surface area contributed by atoms with Crippen LogP contribution in [0.3, 0.4) is 0 Å². The van der Waals surface area contributed by atoms with E-state index in [-0.39, 0.29) is 5.60 Å². The van der Waals surface area contributed by atoms with E-state index in [4.69, 9.17) is 9.47 Å². The quantitative estimate of drug-likeness (QED) is 0.837. The second kappa shape index (κ2) is 4.14. The number of hydrogen-bond donors (Lipinski definition) is 0. The molecule has 0 bridgehead atoms. The molecule has 0 N–H and O–H groups in total. The maximum Gasteiger partial charge on any atom is 0.133 e. The second-order valence-corrected chi connectivity index (χ2v) is 4.76. The number of halogens is 1. The van der Waals surface area contributed by atoms with E-state index < -0.39 is 0 Å². The summed E-state index contributed by atoms with van der Waals surface area (Å²) in [6.45, 7) is 0. The lowest BCUT2D eigenvalue weighted by molar-refractivity contribution is -0.0779. The van der Waals surface area contributed by atoms with Gasteiger partial charge in [-0.25, -0.2) is 0 Å². The first-order valence-corrected chi connectivity index (χ1v) is 5.90. The summed E-state index contributed by atoms with van der Waals surface area (Å²) in [4.78, 5) is 0. The van der Waals surface area contributed by atoms with E-state index in [1.54, 1.807) is 14.2 Å². The molecule has 82 valence electrons. The first-order valence-electron chi connectivity index (χ1n) is 5.11. The van der Waals surface area contributed by atoms with Crippen LogP contribution in [0.25, 0.3) is 0 Å². The fourth-order valence-electron chi connectivity index (χ4n) is 2.06. The first kappa shape index (κ1) is 11.0. The van der Waals surface area contributed by atoms with E-state index in [0.29, 0.717) is 0 Å². The van der Waals surface area contributed by atoms with Gasteiger partial charge >= 0.3 is 0 Å². The molecule has 0 atom stereocenters. The van der Waals surface area contributed by atoms with Gasteiger partial charge in [-0.1, -0.05) is 6.07 Å². The zero-order chi connectivity index (χ0) is 10.9. The van der Waals surface area contributed by atoms with Crippen LogP contribution in [0.4, 0.5) is 0 Å². The van der Waals surface area contributed by atoms with Crippen molar-refractivity contribution in [2.45, 2.75) is 24.9 Å². The highest BCUT2D eigenvalue weighted by atomic mass is 79.9. The lowest BCUT2D eigenvalue weighted by Gasteiger charge is -2.41. The van der Waals surface area contributed by atoms with E-state index in [2.05, 4.69) is 28.1 Å². The number of rotatable bonds is 3. The van der Waals surface area contributed by atoms with Gasteiger partial charge in [-0.3, -0.25) is 0 Å². The maximum absolute atomic E-state index is 5.63. The average molecular weight is 271 g/mol. The van der Waals surface area contributed by atoms with E-state index in [9.17, 15) is 0 Å². The molecule has 1 aliphatic rings. The highest BCUT2D eigenvalue weighted by Gasteiger charge is 2.38. The van der Waals surface area contributed by atoms with Crippen molar-refractivity contribution in [1.29, 1.82) is 0 Å². The third-order valence-corrected chi connectivity index (χ3v) is 3.85. The van der Waals surface area contributed by atoms with Crippen molar-refractivity contribution >= 4 is 15.9 Å². The van der Waals surface area contributed by atoms with Crippen LogP contribution in [0.5, 0.6) is 5.75 Å². The van der Waals surface area contributed by atoms with Gasteiger partial charge in [0.2, 0.25) is 0 Å². The van der Waals surface area contributed by atoms with Crippen LogP contribution in [-0.4, -0.2) is 14.2 Å². The minimum atomic E-state index is -0.0468. The van der Waals surface area contributed by atoms with E-state index >= 15 is 0 Å². The lowest BCUT2D eigenvalue weighted by Crippen LogP contribution is -2.35. The largest absolute Gasteiger partial charge is 0.496 e. The highest BCUT2D eigenvalue weighted by Crippen LogP contribution is 2.45. The summed E-state index contributed by atoms with van der Waals surface area (Å²) < 4.78 is 11.8. The van der Waals surface area contributed by atoms with Gasteiger partial charge in [-0.15, -0.1) is 0 Å². The number of ether oxygens (including phenoxy) is 2.